The molecule has 1 aromatic heterocycles. The SMILES string of the molecule is CCn1[nH]cc(C(=O)c2ccc(OC)c(N=S3(=O)CCCCC3)c2Cl)c1=O. The zero-order valence-electron chi connectivity index (χ0n) is 15.3. The van der Waals surface area contributed by atoms with Crippen molar-refractivity contribution in [3.8, 4) is 5.75 Å². The summed E-state index contributed by atoms with van der Waals surface area (Å²) in [5.41, 5.74) is -0.0690. The largest absolute Gasteiger partial charge is 0.494 e. The summed E-state index contributed by atoms with van der Waals surface area (Å²) in [5, 5.41) is 2.80. The molecule has 146 valence electrons. The van der Waals surface area contributed by atoms with Gasteiger partial charge >= 0.3 is 0 Å². The highest BCUT2D eigenvalue weighted by atomic mass is 35.5. The van der Waals surface area contributed by atoms with E-state index < -0.39 is 21.1 Å². The average molecular weight is 412 g/mol. The van der Waals surface area contributed by atoms with E-state index >= 15 is 0 Å². The lowest BCUT2D eigenvalue weighted by molar-refractivity contribution is 0.103. The minimum absolute atomic E-state index is 0.00304. The number of aromatic amines is 1. The van der Waals surface area contributed by atoms with Crippen LogP contribution >= 0.6 is 11.6 Å². The van der Waals surface area contributed by atoms with Gasteiger partial charge in [0.05, 0.1) is 21.9 Å². The molecule has 0 bridgehead atoms. The van der Waals surface area contributed by atoms with E-state index in [4.69, 9.17) is 16.3 Å². The van der Waals surface area contributed by atoms with E-state index in [1.807, 2.05) is 0 Å². The van der Waals surface area contributed by atoms with Gasteiger partial charge < -0.3 is 9.84 Å². The van der Waals surface area contributed by atoms with Crippen LogP contribution in [-0.4, -0.2) is 38.4 Å². The van der Waals surface area contributed by atoms with Crippen molar-refractivity contribution < 1.29 is 13.7 Å². The third-order valence-electron chi connectivity index (χ3n) is 4.63. The highest BCUT2D eigenvalue weighted by Gasteiger charge is 2.24. The molecular weight excluding hydrogens is 390 g/mol. The van der Waals surface area contributed by atoms with Gasteiger partial charge in [0.15, 0.2) is 0 Å². The van der Waals surface area contributed by atoms with Crippen LogP contribution in [0, 0.1) is 0 Å². The number of hydrogen-bond acceptors (Lipinski definition) is 5. The van der Waals surface area contributed by atoms with Gasteiger partial charge in [-0.1, -0.05) is 18.0 Å². The summed E-state index contributed by atoms with van der Waals surface area (Å²) in [6.45, 7) is 2.22. The maximum atomic E-state index is 13.0. The van der Waals surface area contributed by atoms with Crippen molar-refractivity contribution in [3.05, 3.63) is 44.8 Å². The number of carbonyl (C=O) groups is 1. The van der Waals surface area contributed by atoms with Gasteiger partial charge in [-0.25, -0.2) is 4.21 Å². The summed E-state index contributed by atoms with van der Waals surface area (Å²) in [5.74, 6) is 0.851. The Morgan fingerprint density at radius 1 is 1.30 bits per heavy atom. The predicted octanol–water partition coefficient (Wildman–Crippen LogP) is 3.37. The maximum absolute atomic E-state index is 13.0. The number of carbonyl (C=O) groups excluding carboxylic acids is 1. The molecule has 2 heterocycles. The molecule has 1 N–H and O–H groups in total. The van der Waals surface area contributed by atoms with Crippen molar-refractivity contribution in [2.24, 2.45) is 4.36 Å². The molecule has 0 saturated carbocycles. The molecule has 1 aliphatic heterocycles. The third-order valence-corrected chi connectivity index (χ3v) is 7.38. The second-order valence-corrected chi connectivity index (χ2v) is 9.30. The van der Waals surface area contributed by atoms with Gasteiger partial charge in [-0.05, 0) is 31.9 Å². The van der Waals surface area contributed by atoms with Crippen molar-refractivity contribution in [3.63, 3.8) is 0 Å². The van der Waals surface area contributed by atoms with Gasteiger partial charge in [-0.3, -0.25) is 14.3 Å². The van der Waals surface area contributed by atoms with E-state index in [1.165, 1.54) is 24.1 Å². The van der Waals surface area contributed by atoms with Gasteiger partial charge in [0.1, 0.15) is 17.0 Å². The third kappa shape index (κ3) is 3.82. The quantitative estimate of drug-likeness (QED) is 0.763. The number of methoxy groups -OCH3 is 1. The van der Waals surface area contributed by atoms with Crippen LogP contribution in [0.5, 0.6) is 5.75 Å². The summed E-state index contributed by atoms with van der Waals surface area (Å²) < 4.78 is 24.1. The normalized spacial score (nSPS) is 16.1. The Labute approximate surface area is 162 Å². The van der Waals surface area contributed by atoms with Crippen LogP contribution in [0.2, 0.25) is 5.02 Å². The van der Waals surface area contributed by atoms with Gasteiger partial charge in [-0.15, -0.1) is 0 Å². The molecule has 0 atom stereocenters. The highest BCUT2D eigenvalue weighted by molar-refractivity contribution is 7.93. The Bertz CT molecular complexity index is 1040. The minimum atomic E-state index is -2.44. The number of nitrogens with zero attached hydrogens (tertiary/aromatic N) is 2. The van der Waals surface area contributed by atoms with E-state index in [0.29, 0.717) is 23.8 Å². The molecule has 3 rings (SSSR count). The molecule has 0 amide bonds. The molecule has 27 heavy (non-hydrogen) atoms. The number of benzene rings is 1. The van der Waals surface area contributed by atoms with Crippen molar-refractivity contribution in [1.29, 1.82) is 0 Å². The lowest BCUT2D eigenvalue weighted by atomic mass is 10.1. The van der Waals surface area contributed by atoms with Crippen LogP contribution in [0.15, 0.2) is 27.5 Å². The van der Waals surface area contributed by atoms with E-state index in [9.17, 15) is 13.8 Å². The number of nitrogens with one attached hydrogen (secondary N) is 1. The highest BCUT2D eigenvalue weighted by Crippen LogP contribution is 2.40. The molecule has 0 radical (unpaired) electrons. The number of rotatable bonds is 5. The Morgan fingerprint density at radius 3 is 2.59 bits per heavy atom. The van der Waals surface area contributed by atoms with Crippen LogP contribution in [0.3, 0.4) is 0 Å². The first-order valence-corrected chi connectivity index (χ1v) is 11.0. The van der Waals surface area contributed by atoms with E-state index in [2.05, 4.69) is 9.46 Å². The molecule has 1 saturated heterocycles. The Morgan fingerprint density at radius 2 is 2.00 bits per heavy atom. The monoisotopic (exact) mass is 411 g/mol. The molecule has 0 spiro atoms. The fourth-order valence-electron chi connectivity index (χ4n) is 3.11. The first-order valence-electron chi connectivity index (χ1n) is 8.82. The summed E-state index contributed by atoms with van der Waals surface area (Å²) >= 11 is 6.47. The van der Waals surface area contributed by atoms with Crippen LogP contribution < -0.4 is 10.3 Å². The number of H-pyrrole nitrogens is 1. The number of ether oxygens (including phenoxy) is 1. The lowest BCUT2D eigenvalue weighted by Gasteiger charge is -2.17. The molecule has 9 heteroatoms. The summed E-state index contributed by atoms with van der Waals surface area (Å²) in [6, 6.07) is 3.06. The van der Waals surface area contributed by atoms with Crippen molar-refractivity contribution in [2.45, 2.75) is 32.7 Å². The van der Waals surface area contributed by atoms with Crippen LogP contribution in [0.4, 0.5) is 5.69 Å². The molecule has 2 aromatic rings. The Balaban J connectivity index is 2.12. The fourth-order valence-corrected chi connectivity index (χ4v) is 5.66. The van der Waals surface area contributed by atoms with Gasteiger partial charge in [0.2, 0.25) is 5.78 Å². The fraction of sp³-hybridized carbons (Fsp3) is 0.444. The molecule has 1 aliphatic rings. The maximum Gasteiger partial charge on any atom is 0.277 e. The number of aryl methyl sites for hydroxylation is 1. The van der Waals surface area contributed by atoms with Gasteiger partial charge in [0.25, 0.3) is 5.56 Å². The summed E-state index contributed by atoms with van der Waals surface area (Å²) in [6.07, 6.45) is 4.10. The topological polar surface area (TPSA) is 93.5 Å². The predicted molar refractivity (Wildman–Crippen MR) is 106 cm³/mol. The molecule has 7 nitrogen and oxygen atoms in total. The molecule has 1 fully saturated rings. The Hall–Kier alpha value is -2.06. The average Bonchev–Trinajstić information content (AvgIpc) is 3.03. The van der Waals surface area contributed by atoms with Crippen molar-refractivity contribution >= 4 is 32.8 Å². The molecular formula is C18H22ClN3O4S. The van der Waals surface area contributed by atoms with E-state index in [0.717, 1.165) is 19.3 Å². The second-order valence-electron chi connectivity index (χ2n) is 6.38. The zero-order valence-corrected chi connectivity index (χ0v) is 16.9. The van der Waals surface area contributed by atoms with Crippen molar-refractivity contribution in [1.82, 2.24) is 9.78 Å². The smallest absolute Gasteiger partial charge is 0.277 e. The van der Waals surface area contributed by atoms with Crippen LogP contribution in [0.1, 0.15) is 42.1 Å². The first-order chi connectivity index (χ1) is 12.9. The number of ketones is 1. The number of hydrogen-bond donors (Lipinski definition) is 1. The van der Waals surface area contributed by atoms with Crippen LogP contribution in [-0.2, 0) is 16.3 Å². The summed E-state index contributed by atoms with van der Waals surface area (Å²) in [4.78, 5) is 25.1. The first kappa shape index (κ1) is 19.7. The molecule has 1 aromatic carbocycles. The number of halogens is 1. The lowest BCUT2D eigenvalue weighted by Crippen LogP contribution is -2.21. The van der Waals surface area contributed by atoms with Crippen molar-refractivity contribution in [2.75, 3.05) is 18.6 Å². The minimum Gasteiger partial charge on any atom is -0.494 e. The van der Waals surface area contributed by atoms with E-state index in [-0.39, 0.29) is 21.8 Å². The molecule has 0 aliphatic carbocycles. The van der Waals surface area contributed by atoms with Crippen LogP contribution in [0.25, 0.3) is 0 Å². The standard InChI is InChI=1S/C18H22ClN3O4S/c1-3-22-18(24)13(11-20-22)17(23)12-7-8-14(26-2)16(15(12)19)21-27(25)9-5-4-6-10-27/h7-8,11,20H,3-6,9-10H2,1-2H3. The van der Waals surface area contributed by atoms with Gasteiger partial charge in [-0.2, -0.15) is 4.36 Å². The molecule has 0 unspecified atom stereocenters. The van der Waals surface area contributed by atoms with E-state index in [1.54, 1.807) is 13.0 Å². The van der Waals surface area contributed by atoms with Gasteiger partial charge in [0, 0.05) is 29.8 Å². The Kier molecular flexibility index (Phi) is 5.76. The zero-order chi connectivity index (χ0) is 19.6. The second kappa shape index (κ2) is 7.90. The number of aromatic nitrogens is 2. The summed E-state index contributed by atoms with van der Waals surface area (Å²) in [7, 11) is -0.972.